The van der Waals surface area contributed by atoms with Crippen molar-refractivity contribution >= 4 is 11.9 Å². The fourth-order valence-corrected chi connectivity index (χ4v) is 3.88. The van der Waals surface area contributed by atoms with E-state index in [1.54, 1.807) is 65.0 Å². The number of carbonyl (C=O) groups excluding carboxylic acids is 2. The lowest BCUT2D eigenvalue weighted by Crippen LogP contribution is -2.27. The molecule has 0 amide bonds. The number of rotatable bonds is 7. The van der Waals surface area contributed by atoms with Gasteiger partial charge in [0.1, 0.15) is 17.1 Å². The summed E-state index contributed by atoms with van der Waals surface area (Å²) in [5.41, 5.74) is -1.60. The summed E-state index contributed by atoms with van der Waals surface area (Å²) in [5, 5.41) is 0. The molecular weight excluding hydrogens is 461 g/mol. The largest absolute Gasteiger partial charge is 0.457 e. The van der Waals surface area contributed by atoms with Gasteiger partial charge in [0.2, 0.25) is 6.10 Å². The first-order chi connectivity index (χ1) is 16.2. The fraction of sp³-hybridized carbons (Fsp3) is 0.407. The number of carbonyl (C=O) groups is 2. The van der Waals surface area contributed by atoms with Gasteiger partial charge in [0, 0.05) is 11.6 Å². The Morgan fingerprint density at radius 3 is 2.20 bits per heavy atom. The van der Waals surface area contributed by atoms with Gasteiger partial charge in [-0.1, -0.05) is 50.3 Å². The number of alkyl halides is 3. The van der Waals surface area contributed by atoms with Crippen LogP contribution in [0.1, 0.15) is 46.3 Å². The van der Waals surface area contributed by atoms with E-state index in [0.29, 0.717) is 5.75 Å². The van der Waals surface area contributed by atoms with Crippen molar-refractivity contribution in [1.82, 2.24) is 0 Å². The summed E-state index contributed by atoms with van der Waals surface area (Å²) >= 11 is 0. The highest BCUT2D eigenvalue weighted by molar-refractivity contribution is 5.83. The van der Waals surface area contributed by atoms with Gasteiger partial charge in [-0.25, -0.2) is 4.79 Å². The molecule has 1 fully saturated rings. The van der Waals surface area contributed by atoms with E-state index in [4.69, 9.17) is 14.2 Å². The summed E-state index contributed by atoms with van der Waals surface area (Å²) in [5.74, 6) is -2.20. The molecule has 8 heteroatoms. The number of hydrogen-bond donors (Lipinski definition) is 0. The van der Waals surface area contributed by atoms with Crippen molar-refractivity contribution < 1.29 is 37.0 Å². The van der Waals surface area contributed by atoms with E-state index in [0.717, 1.165) is 0 Å². The van der Waals surface area contributed by atoms with Gasteiger partial charge < -0.3 is 14.2 Å². The number of para-hydroxylation sites is 1. The summed E-state index contributed by atoms with van der Waals surface area (Å²) < 4.78 is 57.6. The zero-order chi connectivity index (χ0) is 26.0. The number of halogens is 3. The first-order valence-electron chi connectivity index (χ1n) is 11.2. The molecular formula is C27H29F3O5. The van der Waals surface area contributed by atoms with Gasteiger partial charge in [-0.2, -0.15) is 13.2 Å². The van der Waals surface area contributed by atoms with Gasteiger partial charge in [0.05, 0.1) is 5.92 Å². The monoisotopic (exact) mass is 490 g/mol. The second-order valence-corrected chi connectivity index (χ2v) is 10.1. The molecule has 35 heavy (non-hydrogen) atoms. The van der Waals surface area contributed by atoms with Crippen LogP contribution < -0.4 is 4.74 Å². The van der Waals surface area contributed by atoms with Crippen LogP contribution in [0.2, 0.25) is 0 Å². The Morgan fingerprint density at radius 2 is 1.60 bits per heavy atom. The Hall–Kier alpha value is -3.29. The van der Waals surface area contributed by atoms with Crippen LogP contribution in [0.3, 0.4) is 0 Å². The van der Waals surface area contributed by atoms with Crippen molar-refractivity contribution in [2.24, 2.45) is 17.3 Å². The molecule has 1 saturated carbocycles. The molecule has 3 atom stereocenters. The summed E-state index contributed by atoms with van der Waals surface area (Å²) in [6.45, 7) is 8.63. The van der Waals surface area contributed by atoms with Crippen molar-refractivity contribution in [3.8, 4) is 11.5 Å². The standard InChI is InChI=1S/C27H29F3O5/c1-25(2,3)35-21(31)15-14-20-22(26(20,4)5)24(32)34-23(27(28,29)30)17-10-9-13-19(16-17)33-18-11-7-6-8-12-18/h6-16,20,22-23H,1-5H3/t20-,22-,23+/m0/s1. The highest BCUT2D eigenvalue weighted by Gasteiger charge is 2.62. The Balaban J connectivity index is 1.74. The number of ether oxygens (including phenoxy) is 3. The van der Waals surface area contributed by atoms with E-state index in [1.165, 1.54) is 36.4 Å². The minimum atomic E-state index is -4.83. The van der Waals surface area contributed by atoms with Crippen molar-refractivity contribution in [2.45, 2.75) is 52.5 Å². The molecule has 1 aliphatic rings. The number of allylic oxidation sites excluding steroid dienone is 1. The van der Waals surface area contributed by atoms with Crippen LogP contribution in [0, 0.1) is 17.3 Å². The average molecular weight is 491 g/mol. The van der Waals surface area contributed by atoms with Crippen molar-refractivity contribution in [2.75, 3.05) is 0 Å². The molecule has 0 aromatic heterocycles. The minimum absolute atomic E-state index is 0.184. The smallest absolute Gasteiger partial charge is 0.429 e. The molecule has 0 bridgehead atoms. The van der Waals surface area contributed by atoms with Gasteiger partial charge in [-0.3, -0.25) is 4.79 Å². The lowest BCUT2D eigenvalue weighted by molar-refractivity contribution is -0.225. The molecule has 3 rings (SSSR count). The molecule has 2 aromatic rings. The molecule has 0 heterocycles. The SMILES string of the molecule is CC(C)(C)OC(=O)C=C[C@H]1[C@@H](C(=O)O[C@H](c2cccc(Oc3ccccc3)c2)C(F)(F)F)C1(C)C. The fourth-order valence-electron chi connectivity index (χ4n) is 3.88. The molecule has 0 aliphatic heterocycles. The van der Waals surface area contributed by atoms with Crippen LogP contribution in [0.5, 0.6) is 11.5 Å². The number of esters is 2. The van der Waals surface area contributed by atoms with Crippen molar-refractivity contribution in [1.29, 1.82) is 0 Å². The highest BCUT2D eigenvalue weighted by Crippen LogP contribution is 2.60. The minimum Gasteiger partial charge on any atom is -0.457 e. The molecule has 0 unspecified atom stereocenters. The first kappa shape index (κ1) is 26.3. The lowest BCUT2D eigenvalue weighted by Gasteiger charge is -2.22. The van der Waals surface area contributed by atoms with E-state index >= 15 is 0 Å². The van der Waals surface area contributed by atoms with E-state index < -0.39 is 47.1 Å². The van der Waals surface area contributed by atoms with Gasteiger partial charge in [0.15, 0.2) is 0 Å². The van der Waals surface area contributed by atoms with Crippen LogP contribution in [-0.4, -0.2) is 23.7 Å². The summed E-state index contributed by atoms with van der Waals surface area (Å²) in [6, 6.07) is 14.0. The summed E-state index contributed by atoms with van der Waals surface area (Å²) in [4.78, 5) is 24.8. The van der Waals surface area contributed by atoms with Gasteiger partial charge in [0.25, 0.3) is 0 Å². The van der Waals surface area contributed by atoms with Crippen LogP contribution in [0.4, 0.5) is 13.2 Å². The Morgan fingerprint density at radius 1 is 0.971 bits per heavy atom. The lowest BCUT2D eigenvalue weighted by atomic mass is 10.1. The quantitative estimate of drug-likeness (QED) is 0.316. The molecule has 0 N–H and O–H groups in total. The molecule has 5 nitrogen and oxygen atoms in total. The van der Waals surface area contributed by atoms with Crippen molar-refractivity contribution in [3.05, 3.63) is 72.3 Å². The average Bonchev–Trinajstić information content (AvgIpc) is 3.29. The van der Waals surface area contributed by atoms with Crippen LogP contribution in [0.25, 0.3) is 0 Å². The van der Waals surface area contributed by atoms with Crippen molar-refractivity contribution in [3.63, 3.8) is 0 Å². The van der Waals surface area contributed by atoms with E-state index in [-0.39, 0.29) is 11.3 Å². The third-order valence-electron chi connectivity index (χ3n) is 5.68. The zero-order valence-electron chi connectivity index (χ0n) is 20.3. The third kappa shape index (κ3) is 6.87. The Bertz CT molecular complexity index is 1080. The van der Waals surface area contributed by atoms with E-state index in [9.17, 15) is 22.8 Å². The zero-order valence-corrected chi connectivity index (χ0v) is 20.3. The summed E-state index contributed by atoms with van der Waals surface area (Å²) in [7, 11) is 0. The Kier molecular flexibility index (Phi) is 7.34. The molecule has 188 valence electrons. The predicted molar refractivity (Wildman–Crippen MR) is 124 cm³/mol. The van der Waals surface area contributed by atoms with Gasteiger partial charge in [-0.15, -0.1) is 0 Å². The second kappa shape index (κ2) is 9.76. The van der Waals surface area contributed by atoms with E-state index in [2.05, 4.69) is 0 Å². The predicted octanol–water partition coefficient (Wildman–Crippen LogP) is 6.80. The normalized spacial score (nSPS) is 20.2. The molecule has 1 aliphatic carbocycles. The third-order valence-corrected chi connectivity index (χ3v) is 5.68. The van der Waals surface area contributed by atoms with Crippen LogP contribution in [0.15, 0.2) is 66.7 Å². The number of benzene rings is 2. The maximum absolute atomic E-state index is 13.9. The van der Waals surface area contributed by atoms with Gasteiger partial charge in [-0.05, 0) is 56.4 Å². The molecule has 0 spiro atoms. The molecule has 2 aromatic carbocycles. The second-order valence-electron chi connectivity index (χ2n) is 10.1. The maximum Gasteiger partial charge on any atom is 0.429 e. The molecule has 0 radical (unpaired) electrons. The highest BCUT2D eigenvalue weighted by atomic mass is 19.4. The van der Waals surface area contributed by atoms with Crippen LogP contribution >= 0.6 is 0 Å². The van der Waals surface area contributed by atoms with E-state index in [1.807, 2.05) is 0 Å². The molecule has 0 saturated heterocycles. The van der Waals surface area contributed by atoms with Gasteiger partial charge >= 0.3 is 18.1 Å². The Labute approximate surface area is 202 Å². The maximum atomic E-state index is 13.9. The topological polar surface area (TPSA) is 61.8 Å². The first-order valence-corrected chi connectivity index (χ1v) is 11.2. The summed E-state index contributed by atoms with van der Waals surface area (Å²) in [6.07, 6.45) is -4.59. The number of hydrogen-bond acceptors (Lipinski definition) is 5. The van der Waals surface area contributed by atoms with Crippen LogP contribution in [-0.2, 0) is 19.1 Å².